The molecule has 1 fully saturated rings. The lowest BCUT2D eigenvalue weighted by Crippen LogP contribution is -2.42. The monoisotopic (exact) mass is 296 g/mol. The largest absolute Gasteiger partial charge is 0.354 e. The van der Waals surface area contributed by atoms with Crippen LogP contribution < -0.4 is 10.6 Å². The summed E-state index contributed by atoms with van der Waals surface area (Å²) in [6, 6.07) is 6.77. The summed E-state index contributed by atoms with van der Waals surface area (Å²) in [6.07, 6.45) is 1.94. The predicted molar refractivity (Wildman–Crippen MR) is 85.6 cm³/mol. The van der Waals surface area contributed by atoms with Crippen molar-refractivity contribution in [1.29, 1.82) is 0 Å². The number of carbonyl (C=O) groups excluding carboxylic acids is 1. The van der Waals surface area contributed by atoms with Crippen molar-refractivity contribution < 1.29 is 4.79 Å². The lowest BCUT2D eigenvalue weighted by atomic mass is 9.92. The summed E-state index contributed by atoms with van der Waals surface area (Å²) in [7, 11) is 1.91. The molecule has 1 saturated carbocycles. The summed E-state index contributed by atoms with van der Waals surface area (Å²) < 4.78 is 0. The number of hydrogen-bond acceptors (Lipinski definition) is 2. The van der Waals surface area contributed by atoms with Crippen molar-refractivity contribution in [2.24, 2.45) is 0 Å². The first-order valence-corrected chi connectivity index (χ1v) is 7.02. The summed E-state index contributed by atoms with van der Waals surface area (Å²) >= 11 is 0. The van der Waals surface area contributed by atoms with Crippen molar-refractivity contribution in [3.05, 3.63) is 34.9 Å². The quantitative estimate of drug-likeness (QED) is 0.876. The lowest BCUT2D eigenvalue weighted by Gasteiger charge is -2.19. The van der Waals surface area contributed by atoms with Gasteiger partial charge in [-0.3, -0.25) is 4.79 Å². The first-order chi connectivity index (χ1) is 8.98. The highest BCUT2D eigenvalue weighted by molar-refractivity contribution is 5.91. The summed E-state index contributed by atoms with van der Waals surface area (Å²) in [6.45, 7) is 6.93. The Labute approximate surface area is 127 Å². The topological polar surface area (TPSA) is 41.1 Å². The second kappa shape index (κ2) is 6.59. The van der Waals surface area contributed by atoms with E-state index in [4.69, 9.17) is 0 Å². The summed E-state index contributed by atoms with van der Waals surface area (Å²) in [5, 5.41) is 6.21. The lowest BCUT2D eigenvalue weighted by molar-refractivity contribution is -0.123. The van der Waals surface area contributed by atoms with Crippen LogP contribution >= 0.6 is 12.4 Å². The van der Waals surface area contributed by atoms with Gasteiger partial charge in [-0.05, 0) is 46.2 Å². The molecular weight excluding hydrogens is 272 g/mol. The SMILES string of the molecule is CNC(C)CNC(=O)C1(c2cc(C)cc(C)c2)CC1.Cl. The minimum atomic E-state index is -0.260. The molecule has 0 aliphatic heterocycles. The van der Waals surface area contributed by atoms with Crippen LogP contribution in [0.5, 0.6) is 0 Å². The molecule has 0 aromatic heterocycles. The molecule has 112 valence electrons. The van der Waals surface area contributed by atoms with E-state index in [-0.39, 0.29) is 23.7 Å². The molecule has 3 nitrogen and oxygen atoms in total. The number of amides is 1. The average Bonchev–Trinajstić information content (AvgIpc) is 3.15. The molecule has 1 aromatic rings. The Kier molecular flexibility index (Phi) is 5.60. The zero-order valence-electron chi connectivity index (χ0n) is 12.7. The third kappa shape index (κ3) is 3.53. The van der Waals surface area contributed by atoms with E-state index >= 15 is 0 Å². The molecule has 0 spiro atoms. The maximum absolute atomic E-state index is 12.4. The number of hydrogen-bond donors (Lipinski definition) is 2. The van der Waals surface area contributed by atoms with E-state index in [2.05, 4.69) is 49.6 Å². The van der Waals surface area contributed by atoms with Crippen LogP contribution in [0.1, 0.15) is 36.5 Å². The van der Waals surface area contributed by atoms with E-state index in [1.807, 2.05) is 7.05 Å². The number of rotatable bonds is 5. The summed E-state index contributed by atoms with van der Waals surface area (Å²) in [5.41, 5.74) is 3.39. The molecular formula is C16H25ClN2O. The van der Waals surface area contributed by atoms with Gasteiger partial charge in [0.2, 0.25) is 5.91 Å². The van der Waals surface area contributed by atoms with Crippen LogP contribution in [0.15, 0.2) is 18.2 Å². The minimum absolute atomic E-state index is 0. The van der Waals surface area contributed by atoms with Crippen LogP contribution in [0.4, 0.5) is 0 Å². The van der Waals surface area contributed by atoms with Gasteiger partial charge >= 0.3 is 0 Å². The Morgan fingerprint density at radius 3 is 2.25 bits per heavy atom. The smallest absolute Gasteiger partial charge is 0.230 e. The van der Waals surface area contributed by atoms with E-state index < -0.39 is 0 Å². The van der Waals surface area contributed by atoms with Gasteiger partial charge in [-0.1, -0.05) is 29.3 Å². The first-order valence-electron chi connectivity index (χ1n) is 7.02. The second-order valence-electron chi connectivity index (χ2n) is 5.86. The van der Waals surface area contributed by atoms with Crippen molar-refractivity contribution >= 4 is 18.3 Å². The zero-order chi connectivity index (χ0) is 14.0. The van der Waals surface area contributed by atoms with Crippen molar-refractivity contribution in [3.8, 4) is 0 Å². The Morgan fingerprint density at radius 2 is 1.80 bits per heavy atom. The molecule has 0 heterocycles. The molecule has 4 heteroatoms. The number of carbonyl (C=O) groups is 1. The minimum Gasteiger partial charge on any atom is -0.354 e. The highest BCUT2D eigenvalue weighted by atomic mass is 35.5. The average molecular weight is 297 g/mol. The molecule has 0 bridgehead atoms. The number of aryl methyl sites for hydroxylation is 2. The number of benzene rings is 1. The van der Waals surface area contributed by atoms with E-state index in [1.54, 1.807) is 0 Å². The van der Waals surface area contributed by atoms with E-state index in [1.165, 1.54) is 16.7 Å². The molecule has 1 aromatic carbocycles. The van der Waals surface area contributed by atoms with Crippen LogP contribution in [0.2, 0.25) is 0 Å². The van der Waals surface area contributed by atoms with Gasteiger partial charge in [-0.15, -0.1) is 12.4 Å². The second-order valence-corrected chi connectivity index (χ2v) is 5.86. The molecule has 0 radical (unpaired) electrons. The van der Waals surface area contributed by atoms with Crippen LogP contribution in [0.3, 0.4) is 0 Å². The number of likely N-dealkylation sites (N-methyl/N-ethyl adjacent to an activating group) is 1. The molecule has 1 amide bonds. The number of halogens is 1. The summed E-state index contributed by atoms with van der Waals surface area (Å²) in [5.74, 6) is 0.180. The predicted octanol–water partition coefficient (Wildman–Crippen LogP) is 2.48. The van der Waals surface area contributed by atoms with E-state index in [9.17, 15) is 4.79 Å². The maximum atomic E-state index is 12.4. The highest BCUT2D eigenvalue weighted by Crippen LogP contribution is 2.48. The van der Waals surface area contributed by atoms with Gasteiger partial charge in [-0.25, -0.2) is 0 Å². The van der Waals surface area contributed by atoms with Crippen LogP contribution in [-0.4, -0.2) is 25.5 Å². The Bertz CT molecular complexity index is 463. The van der Waals surface area contributed by atoms with Crippen molar-refractivity contribution in [1.82, 2.24) is 10.6 Å². The molecule has 1 aliphatic rings. The molecule has 0 saturated heterocycles. The molecule has 20 heavy (non-hydrogen) atoms. The third-order valence-electron chi connectivity index (χ3n) is 4.02. The fourth-order valence-electron chi connectivity index (χ4n) is 2.54. The molecule has 1 aliphatic carbocycles. The van der Waals surface area contributed by atoms with Gasteiger partial charge < -0.3 is 10.6 Å². The Balaban J connectivity index is 0.00000200. The van der Waals surface area contributed by atoms with Gasteiger partial charge in [0.25, 0.3) is 0 Å². The molecule has 2 rings (SSSR count). The van der Waals surface area contributed by atoms with Crippen molar-refractivity contribution in [2.45, 2.75) is 45.1 Å². The Morgan fingerprint density at radius 1 is 1.25 bits per heavy atom. The van der Waals surface area contributed by atoms with Crippen LogP contribution in [0, 0.1) is 13.8 Å². The van der Waals surface area contributed by atoms with Gasteiger partial charge in [0.15, 0.2) is 0 Å². The standard InChI is InChI=1S/C16H24N2O.ClH/c1-11-7-12(2)9-14(8-11)16(5-6-16)15(19)18-10-13(3)17-4;/h7-9,13,17H,5-6,10H2,1-4H3,(H,18,19);1H. The van der Waals surface area contributed by atoms with Crippen LogP contribution in [-0.2, 0) is 10.2 Å². The number of nitrogens with one attached hydrogen (secondary N) is 2. The normalized spacial score (nSPS) is 17.0. The van der Waals surface area contributed by atoms with E-state index in [0.717, 1.165) is 12.8 Å². The fraction of sp³-hybridized carbons (Fsp3) is 0.562. The maximum Gasteiger partial charge on any atom is 0.230 e. The molecule has 2 N–H and O–H groups in total. The summed E-state index contributed by atoms with van der Waals surface area (Å²) in [4.78, 5) is 12.4. The van der Waals surface area contributed by atoms with Crippen molar-refractivity contribution in [3.63, 3.8) is 0 Å². The van der Waals surface area contributed by atoms with E-state index in [0.29, 0.717) is 12.6 Å². The van der Waals surface area contributed by atoms with Crippen LogP contribution in [0.25, 0.3) is 0 Å². The van der Waals surface area contributed by atoms with Gasteiger partial charge in [0.1, 0.15) is 0 Å². The zero-order valence-corrected chi connectivity index (χ0v) is 13.6. The first kappa shape index (κ1) is 17.0. The van der Waals surface area contributed by atoms with Gasteiger partial charge in [0, 0.05) is 12.6 Å². The van der Waals surface area contributed by atoms with Gasteiger partial charge in [-0.2, -0.15) is 0 Å². The van der Waals surface area contributed by atoms with Crippen molar-refractivity contribution in [2.75, 3.05) is 13.6 Å². The third-order valence-corrected chi connectivity index (χ3v) is 4.02. The molecule has 1 atom stereocenters. The highest BCUT2D eigenvalue weighted by Gasteiger charge is 2.51. The molecule has 1 unspecified atom stereocenters. The van der Waals surface area contributed by atoms with Gasteiger partial charge in [0.05, 0.1) is 5.41 Å². The fourth-order valence-corrected chi connectivity index (χ4v) is 2.54. The Hall–Kier alpha value is -1.06.